The standard InChI is InChI=1S/C20H33N5O2/c1-17-5-10-24(11-6-17)9-3-8-22-20(26)23-16-18-4-2-7-21-19(18)25-12-14-27-15-13-25/h2,4,7,17H,3,5-6,8-16H2,1H3,(H2,22,23,26). The molecule has 2 amide bonds. The highest BCUT2D eigenvalue weighted by Crippen LogP contribution is 2.18. The van der Waals surface area contributed by atoms with E-state index in [4.69, 9.17) is 4.74 Å². The number of aromatic nitrogens is 1. The van der Waals surface area contributed by atoms with Crippen molar-refractivity contribution in [3.05, 3.63) is 23.9 Å². The molecule has 0 bridgehead atoms. The highest BCUT2D eigenvalue weighted by molar-refractivity contribution is 5.74. The average molecular weight is 376 g/mol. The number of carbonyl (C=O) groups is 1. The normalized spacial score (nSPS) is 19.1. The minimum absolute atomic E-state index is 0.112. The van der Waals surface area contributed by atoms with Crippen LogP contribution in [-0.4, -0.2) is 68.4 Å². The predicted molar refractivity (Wildman–Crippen MR) is 107 cm³/mol. The highest BCUT2D eigenvalue weighted by Gasteiger charge is 2.17. The number of urea groups is 1. The predicted octanol–water partition coefficient (Wildman–Crippen LogP) is 1.84. The molecule has 2 aliphatic heterocycles. The minimum atomic E-state index is -0.112. The number of pyridine rings is 1. The Hall–Kier alpha value is -1.86. The monoisotopic (exact) mass is 375 g/mol. The van der Waals surface area contributed by atoms with E-state index in [1.165, 1.54) is 25.9 Å². The molecule has 1 aromatic rings. The van der Waals surface area contributed by atoms with E-state index in [2.05, 4.69) is 32.3 Å². The maximum Gasteiger partial charge on any atom is 0.315 e. The van der Waals surface area contributed by atoms with Crippen molar-refractivity contribution in [2.24, 2.45) is 5.92 Å². The van der Waals surface area contributed by atoms with Gasteiger partial charge in [0.1, 0.15) is 5.82 Å². The first-order valence-electron chi connectivity index (χ1n) is 10.2. The van der Waals surface area contributed by atoms with E-state index in [0.717, 1.165) is 56.6 Å². The van der Waals surface area contributed by atoms with Gasteiger partial charge < -0.3 is 25.2 Å². The third-order valence-corrected chi connectivity index (χ3v) is 5.43. The number of amides is 2. The van der Waals surface area contributed by atoms with E-state index in [1.54, 1.807) is 6.20 Å². The number of piperidine rings is 1. The van der Waals surface area contributed by atoms with Crippen molar-refractivity contribution in [2.45, 2.75) is 32.7 Å². The van der Waals surface area contributed by atoms with Gasteiger partial charge in [0.2, 0.25) is 0 Å². The second kappa shape index (κ2) is 10.5. The minimum Gasteiger partial charge on any atom is -0.378 e. The number of anilines is 1. The fraction of sp³-hybridized carbons (Fsp3) is 0.700. The number of hydrogen-bond donors (Lipinski definition) is 2. The van der Waals surface area contributed by atoms with Gasteiger partial charge >= 0.3 is 6.03 Å². The van der Waals surface area contributed by atoms with Crippen LogP contribution in [0, 0.1) is 5.92 Å². The molecule has 1 aromatic heterocycles. The Kier molecular flexibility index (Phi) is 7.71. The summed E-state index contributed by atoms with van der Waals surface area (Å²) in [5.74, 6) is 1.81. The van der Waals surface area contributed by atoms with Gasteiger partial charge in [-0.05, 0) is 50.9 Å². The van der Waals surface area contributed by atoms with E-state index in [9.17, 15) is 4.79 Å². The van der Waals surface area contributed by atoms with E-state index in [0.29, 0.717) is 13.1 Å². The lowest BCUT2D eigenvalue weighted by molar-refractivity contribution is 0.122. The Balaban J connectivity index is 1.35. The van der Waals surface area contributed by atoms with Crippen LogP contribution < -0.4 is 15.5 Å². The van der Waals surface area contributed by atoms with Crippen molar-refractivity contribution >= 4 is 11.8 Å². The molecule has 3 heterocycles. The van der Waals surface area contributed by atoms with Gasteiger partial charge in [0.05, 0.1) is 13.2 Å². The molecule has 150 valence electrons. The van der Waals surface area contributed by atoms with Crippen LogP contribution in [0.25, 0.3) is 0 Å². The van der Waals surface area contributed by atoms with Gasteiger partial charge in [-0.3, -0.25) is 0 Å². The third-order valence-electron chi connectivity index (χ3n) is 5.43. The Morgan fingerprint density at radius 3 is 2.78 bits per heavy atom. The summed E-state index contributed by atoms with van der Waals surface area (Å²) in [5.41, 5.74) is 1.04. The lowest BCUT2D eigenvalue weighted by Crippen LogP contribution is -2.39. The molecular formula is C20H33N5O2. The van der Waals surface area contributed by atoms with Crippen molar-refractivity contribution in [1.82, 2.24) is 20.5 Å². The number of hydrogen-bond acceptors (Lipinski definition) is 5. The molecule has 3 rings (SSSR count). The molecule has 0 unspecified atom stereocenters. The van der Waals surface area contributed by atoms with Crippen molar-refractivity contribution < 1.29 is 9.53 Å². The van der Waals surface area contributed by atoms with Gasteiger partial charge in [0.25, 0.3) is 0 Å². The first kappa shape index (κ1) is 19.9. The van der Waals surface area contributed by atoms with E-state index in [-0.39, 0.29) is 6.03 Å². The van der Waals surface area contributed by atoms with Crippen molar-refractivity contribution in [1.29, 1.82) is 0 Å². The van der Waals surface area contributed by atoms with E-state index >= 15 is 0 Å². The molecule has 0 radical (unpaired) electrons. The Labute approximate surface area is 162 Å². The van der Waals surface area contributed by atoms with Crippen LogP contribution in [-0.2, 0) is 11.3 Å². The van der Waals surface area contributed by atoms with Gasteiger partial charge in [-0.25, -0.2) is 9.78 Å². The smallest absolute Gasteiger partial charge is 0.315 e. The maximum atomic E-state index is 12.1. The fourth-order valence-electron chi connectivity index (χ4n) is 3.66. The van der Waals surface area contributed by atoms with Gasteiger partial charge in [0, 0.05) is 37.9 Å². The Bertz CT molecular complexity index is 583. The highest BCUT2D eigenvalue weighted by atomic mass is 16.5. The Morgan fingerprint density at radius 1 is 1.22 bits per heavy atom. The molecule has 0 aromatic carbocycles. The number of likely N-dealkylation sites (tertiary alicyclic amines) is 1. The fourth-order valence-corrected chi connectivity index (χ4v) is 3.66. The molecule has 0 saturated carbocycles. The van der Waals surface area contributed by atoms with Gasteiger partial charge in [-0.2, -0.15) is 0 Å². The topological polar surface area (TPSA) is 69.7 Å². The van der Waals surface area contributed by atoms with Crippen LogP contribution in [0.3, 0.4) is 0 Å². The molecule has 0 atom stereocenters. The van der Waals surface area contributed by atoms with Gasteiger partial charge in [-0.15, -0.1) is 0 Å². The van der Waals surface area contributed by atoms with Crippen LogP contribution in [0.5, 0.6) is 0 Å². The average Bonchev–Trinajstić information content (AvgIpc) is 2.72. The summed E-state index contributed by atoms with van der Waals surface area (Å²) in [4.78, 5) is 21.3. The van der Waals surface area contributed by atoms with E-state index in [1.807, 2.05) is 12.1 Å². The molecule has 2 saturated heterocycles. The Morgan fingerprint density at radius 2 is 2.00 bits per heavy atom. The summed E-state index contributed by atoms with van der Waals surface area (Å²) in [6, 6.07) is 3.83. The zero-order valence-electron chi connectivity index (χ0n) is 16.5. The molecule has 7 heteroatoms. The summed E-state index contributed by atoms with van der Waals surface area (Å²) in [7, 11) is 0. The second-order valence-electron chi connectivity index (χ2n) is 7.57. The number of nitrogens with one attached hydrogen (secondary N) is 2. The first-order valence-corrected chi connectivity index (χ1v) is 10.2. The molecule has 27 heavy (non-hydrogen) atoms. The lowest BCUT2D eigenvalue weighted by atomic mass is 9.99. The maximum absolute atomic E-state index is 12.1. The number of nitrogens with zero attached hydrogens (tertiary/aromatic N) is 3. The first-order chi connectivity index (χ1) is 13.2. The van der Waals surface area contributed by atoms with Crippen LogP contribution >= 0.6 is 0 Å². The quantitative estimate of drug-likeness (QED) is 0.712. The molecule has 7 nitrogen and oxygen atoms in total. The summed E-state index contributed by atoms with van der Waals surface area (Å²) in [5, 5.41) is 5.93. The zero-order chi connectivity index (χ0) is 18.9. The van der Waals surface area contributed by atoms with Crippen LogP contribution in [0.2, 0.25) is 0 Å². The molecule has 0 spiro atoms. The van der Waals surface area contributed by atoms with Crippen LogP contribution in [0.4, 0.5) is 10.6 Å². The van der Waals surface area contributed by atoms with Crippen molar-refractivity contribution in [3.8, 4) is 0 Å². The molecule has 2 N–H and O–H groups in total. The zero-order valence-corrected chi connectivity index (χ0v) is 16.5. The summed E-state index contributed by atoms with van der Waals surface area (Å²) < 4.78 is 5.41. The molecule has 2 fully saturated rings. The lowest BCUT2D eigenvalue weighted by Gasteiger charge is -2.30. The number of ether oxygens (including phenoxy) is 1. The van der Waals surface area contributed by atoms with Crippen LogP contribution in [0.15, 0.2) is 18.3 Å². The van der Waals surface area contributed by atoms with Gasteiger partial charge in [-0.1, -0.05) is 13.0 Å². The van der Waals surface area contributed by atoms with Gasteiger partial charge in [0.15, 0.2) is 0 Å². The number of morpholine rings is 1. The van der Waals surface area contributed by atoms with Crippen LogP contribution in [0.1, 0.15) is 31.7 Å². The molecular weight excluding hydrogens is 342 g/mol. The molecule has 0 aliphatic carbocycles. The van der Waals surface area contributed by atoms with Crippen molar-refractivity contribution in [3.63, 3.8) is 0 Å². The molecule has 2 aliphatic rings. The van der Waals surface area contributed by atoms with E-state index < -0.39 is 0 Å². The summed E-state index contributed by atoms with van der Waals surface area (Å²) >= 11 is 0. The largest absolute Gasteiger partial charge is 0.378 e. The van der Waals surface area contributed by atoms with Crippen molar-refractivity contribution in [2.75, 3.05) is 57.4 Å². The number of rotatable bonds is 7. The number of carbonyl (C=O) groups excluding carboxylic acids is 1. The SMILES string of the molecule is CC1CCN(CCCNC(=O)NCc2cccnc2N2CCOCC2)CC1. The third kappa shape index (κ3) is 6.36. The summed E-state index contributed by atoms with van der Waals surface area (Å²) in [6.45, 7) is 10.1. The summed E-state index contributed by atoms with van der Waals surface area (Å²) in [6.07, 6.45) is 5.39. The second-order valence-corrected chi connectivity index (χ2v) is 7.57.